The molecule has 8 heteroatoms. The number of aliphatic hydroxyl groups excluding tert-OH is 1. The lowest BCUT2D eigenvalue weighted by Gasteiger charge is -2.38. The van der Waals surface area contributed by atoms with Crippen molar-refractivity contribution in [3.63, 3.8) is 0 Å². The summed E-state index contributed by atoms with van der Waals surface area (Å²) in [6, 6.07) is 8.83. The number of fused-ring (bicyclic) bond motifs is 1. The number of halogens is 3. The standard InChI is InChI=1S/C23H19ClF2N4O/c1-2-22(31)29-5-7-30(8-6-29)23-14(12-27)13-28-21-11-17(19(24)10-18(21)23)16-4-3-15(25)9-20(16)26/h2-4,9-11,13,22,31H,1,5-8H2. The fourth-order valence-corrected chi connectivity index (χ4v) is 4.16. The van der Waals surface area contributed by atoms with Gasteiger partial charge in [0.25, 0.3) is 0 Å². The van der Waals surface area contributed by atoms with Gasteiger partial charge in [0.15, 0.2) is 0 Å². The molecule has 1 fully saturated rings. The van der Waals surface area contributed by atoms with Crippen molar-refractivity contribution in [1.82, 2.24) is 9.88 Å². The third kappa shape index (κ3) is 3.98. The molecule has 0 radical (unpaired) electrons. The molecule has 158 valence electrons. The van der Waals surface area contributed by atoms with Gasteiger partial charge in [-0.05, 0) is 30.3 Å². The molecule has 5 nitrogen and oxygen atoms in total. The van der Waals surface area contributed by atoms with Crippen molar-refractivity contribution in [1.29, 1.82) is 5.26 Å². The number of rotatable bonds is 4. The number of anilines is 1. The van der Waals surface area contributed by atoms with Crippen molar-refractivity contribution in [2.75, 3.05) is 31.1 Å². The normalized spacial score (nSPS) is 15.6. The summed E-state index contributed by atoms with van der Waals surface area (Å²) in [5.41, 5.74) is 2.22. The van der Waals surface area contributed by atoms with Crippen molar-refractivity contribution in [2.24, 2.45) is 0 Å². The molecule has 1 aromatic heterocycles. The highest BCUT2D eigenvalue weighted by molar-refractivity contribution is 6.34. The summed E-state index contributed by atoms with van der Waals surface area (Å²) in [5.74, 6) is -1.38. The van der Waals surface area contributed by atoms with Gasteiger partial charge < -0.3 is 10.0 Å². The first-order valence-electron chi connectivity index (χ1n) is 9.70. The number of nitriles is 1. The van der Waals surface area contributed by atoms with Crippen molar-refractivity contribution in [3.05, 3.63) is 71.4 Å². The lowest BCUT2D eigenvalue weighted by Crippen LogP contribution is -2.50. The zero-order valence-corrected chi connectivity index (χ0v) is 17.3. The van der Waals surface area contributed by atoms with Crippen LogP contribution in [0.3, 0.4) is 0 Å². The van der Waals surface area contributed by atoms with Crippen LogP contribution >= 0.6 is 11.6 Å². The number of nitrogens with zero attached hydrogens (tertiary/aromatic N) is 4. The molecule has 0 amide bonds. The second kappa shape index (κ2) is 8.60. The van der Waals surface area contributed by atoms with E-state index in [9.17, 15) is 19.1 Å². The Balaban J connectivity index is 1.78. The fourth-order valence-electron chi connectivity index (χ4n) is 3.89. The summed E-state index contributed by atoms with van der Waals surface area (Å²) in [6.07, 6.45) is 2.25. The van der Waals surface area contributed by atoms with Crippen LogP contribution in [0, 0.1) is 23.0 Å². The van der Waals surface area contributed by atoms with E-state index >= 15 is 0 Å². The maximum Gasteiger partial charge on any atom is 0.133 e. The van der Waals surface area contributed by atoms with Crippen LogP contribution in [0.25, 0.3) is 22.0 Å². The van der Waals surface area contributed by atoms with E-state index in [1.807, 2.05) is 4.90 Å². The Labute approximate surface area is 183 Å². The topological polar surface area (TPSA) is 63.4 Å². The Morgan fingerprint density at radius 1 is 1.16 bits per heavy atom. The molecule has 2 aromatic carbocycles. The van der Waals surface area contributed by atoms with E-state index in [4.69, 9.17) is 11.6 Å². The summed E-state index contributed by atoms with van der Waals surface area (Å²) in [6.45, 7) is 5.98. The van der Waals surface area contributed by atoms with E-state index in [2.05, 4.69) is 22.5 Å². The molecule has 0 spiro atoms. The molecule has 0 aliphatic carbocycles. The van der Waals surface area contributed by atoms with Gasteiger partial charge in [0.2, 0.25) is 0 Å². The Hall–Kier alpha value is -3.05. The van der Waals surface area contributed by atoms with Crippen LogP contribution in [0.1, 0.15) is 5.56 Å². The maximum absolute atomic E-state index is 14.3. The highest BCUT2D eigenvalue weighted by atomic mass is 35.5. The van der Waals surface area contributed by atoms with Crippen LogP contribution in [0.5, 0.6) is 0 Å². The van der Waals surface area contributed by atoms with Gasteiger partial charge in [-0.15, -0.1) is 0 Å². The monoisotopic (exact) mass is 440 g/mol. The second-order valence-electron chi connectivity index (χ2n) is 7.28. The molecule has 4 rings (SSSR count). The van der Waals surface area contributed by atoms with E-state index in [0.29, 0.717) is 53.9 Å². The van der Waals surface area contributed by atoms with E-state index in [-0.39, 0.29) is 10.6 Å². The van der Waals surface area contributed by atoms with Gasteiger partial charge in [0.05, 0.1) is 16.8 Å². The Kier molecular flexibility index (Phi) is 5.88. The fraction of sp³-hybridized carbons (Fsp3) is 0.217. The molecule has 2 heterocycles. The molecule has 0 saturated carbocycles. The Morgan fingerprint density at radius 3 is 2.55 bits per heavy atom. The van der Waals surface area contributed by atoms with Crippen LogP contribution in [0.4, 0.5) is 14.5 Å². The molecule has 3 aromatic rings. The second-order valence-corrected chi connectivity index (χ2v) is 7.69. The van der Waals surface area contributed by atoms with E-state index < -0.39 is 17.9 Å². The van der Waals surface area contributed by atoms with Crippen LogP contribution in [0.2, 0.25) is 5.02 Å². The van der Waals surface area contributed by atoms with Gasteiger partial charge in [0, 0.05) is 60.0 Å². The predicted molar refractivity (Wildman–Crippen MR) is 117 cm³/mol. The Morgan fingerprint density at radius 2 is 1.90 bits per heavy atom. The molecule has 1 N–H and O–H groups in total. The first kappa shape index (κ1) is 21.2. The van der Waals surface area contributed by atoms with Crippen LogP contribution in [-0.4, -0.2) is 47.4 Å². The van der Waals surface area contributed by atoms with Gasteiger partial charge >= 0.3 is 0 Å². The predicted octanol–water partition coefficient (Wildman–Crippen LogP) is 4.33. The quantitative estimate of drug-likeness (QED) is 0.612. The summed E-state index contributed by atoms with van der Waals surface area (Å²) in [7, 11) is 0. The third-order valence-electron chi connectivity index (χ3n) is 5.49. The minimum atomic E-state index is -0.716. The van der Waals surface area contributed by atoms with Gasteiger partial charge in [-0.3, -0.25) is 9.88 Å². The lowest BCUT2D eigenvalue weighted by molar-refractivity contribution is 0.0381. The van der Waals surface area contributed by atoms with Crippen molar-refractivity contribution in [2.45, 2.75) is 6.23 Å². The van der Waals surface area contributed by atoms with E-state index in [1.165, 1.54) is 24.4 Å². The maximum atomic E-state index is 14.3. The highest BCUT2D eigenvalue weighted by Crippen LogP contribution is 2.38. The number of piperazine rings is 1. The molecular formula is C23H19ClF2N4O. The summed E-state index contributed by atoms with van der Waals surface area (Å²) in [4.78, 5) is 8.32. The average molecular weight is 441 g/mol. The number of aromatic nitrogens is 1. The minimum absolute atomic E-state index is 0.174. The van der Waals surface area contributed by atoms with E-state index in [1.54, 1.807) is 12.1 Å². The third-order valence-corrected chi connectivity index (χ3v) is 5.80. The number of hydrogen-bond donors (Lipinski definition) is 1. The van der Waals surface area contributed by atoms with Crippen molar-refractivity contribution >= 4 is 28.2 Å². The molecule has 31 heavy (non-hydrogen) atoms. The first-order chi connectivity index (χ1) is 14.9. The van der Waals surface area contributed by atoms with Crippen LogP contribution in [-0.2, 0) is 0 Å². The molecule has 1 atom stereocenters. The number of aliphatic hydroxyl groups is 1. The van der Waals surface area contributed by atoms with Crippen LogP contribution in [0.15, 0.2) is 49.2 Å². The molecule has 1 aliphatic heterocycles. The smallest absolute Gasteiger partial charge is 0.133 e. The lowest BCUT2D eigenvalue weighted by atomic mass is 10.0. The number of pyridine rings is 1. The summed E-state index contributed by atoms with van der Waals surface area (Å²) in [5, 5.41) is 20.6. The SMILES string of the molecule is C=CC(O)N1CCN(c2c(C#N)cnc3cc(-c4ccc(F)cc4F)c(Cl)cc23)CC1. The zero-order valence-electron chi connectivity index (χ0n) is 16.5. The summed E-state index contributed by atoms with van der Waals surface area (Å²) >= 11 is 6.50. The highest BCUT2D eigenvalue weighted by Gasteiger charge is 2.25. The van der Waals surface area contributed by atoms with Gasteiger partial charge in [-0.25, -0.2) is 8.78 Å². The zero-order chi connectivity index (χ0) is 22.1. The van der Waals surface area contributed by atoms with Gasteiger partial charge in [0.1, 0.15) is 23.9 Å². The van der Waals surface area contributed by atoms with Crippen molar-refractivity contribution in [3.8, 4) is 17.2 Å². The first-order valence-corrected chi connectivity index (χ1v) is 10.1. The van der Waals surface area contributed by atoms with Gasteiger partial charge in [-0.1, -0.05) is 18.2 Å². The van der Waals surface area contributed by atoms with Crippen molar-refractivity contribution < 1.29 is 13.9 Å². The Bertz CT molecular complexity index is 1200. The molecule has 1 unspecified atom stereocenters. The number of benzene rings is 2. The molecule has 1 saturated heterocycles. The molecule has 1 aliphatic rings. The average Bonchev–Trinajstić information content (AvgIpc) is 2.78. The summed E-state index contributed by atoms with van der Waals surface area (Å²) < 4.78 is 27.6. The molecule has 0 bridgehead atoms. The molecular weight excluding hydrogens is 422 g/mol. The van der Waals surface area contributed by atoms with E-state index in [0.717, 1.165) is 6.07 Å². The number of hydrogen-bond acceptors (Lipinski definition) is 5. The largest absolute Gasteiger partial charge is 0.375 e. The minimum Gasteiger partial charge on any atom is -0.375 e. The van der Waals surface area contributed by atoms with Gasteiger partial charge in [-0.2, -0.15) is 5.26 Å². The van der Waals surface area contributed by atoms with Crippen LogP contribution < -0.4 is 4.90 Å².